The van der Waals surface area contributed by atoms with Crippen LogP contribution in [0, 0.1) is 54.8 Å². The van der Waals surface area contributed by atoms with Gasteiger partial charge in [-0.25, -0.2) is 24.0 Å². The van der Waals surface area contributed by atoms with Crippen molar-refractivity contribution in [2.45, 2.75) is 134 Å². The number of amides is 1. The lowest BCUT2D eigenvalue weighted by molar-refractivity contribution is -0.209. The maximum absolute atomic E-state index is 12.4. The summed E-state index contributed by atoms with van der Waals surface area (Å²) >= 11 is 0. The normalized spacial score (nSPS) is 31.7. The predicted octanol–water partition coefficient (Wildman–Crippen LogP) is -9.48. The van der Waals surface area contributed by atoms with E-state index >= 15 is 0 Å². The Labute approximate surface area is 750 Å². The van der Waals surface area contributed by atoms with Crippen LogP contribution in [-0.4, -0.2) is 302 Å². The predicted molar refractivity (Wildman–Crippen MR) is 439 cm³/mol. The van der Waals surface area contributed by atoms with Crippen LogP contribution in [0.5, 0.6) is 0 Å². The van der Waals surface area contributed by atoms with Gasteiger partial charge in [-0.1, -0.05) is 41.4 Å². The molecule has 0 aromatic carbocycles. The van der Waals surface area contributed by atoms with Crippen molar-refractivity contribution in [2.24, 2.45) is 5.73 Å². The first-order valence-electron chi connectivity index (χ1n) is 39.3. The van der Waals surface area contributed by atoms with E-state index in [2.05, 4.69) is 71.7 Å². The van der Waals surface area contributed by atoms with E-state index in [-0.39, 0.29) is 107 Å². The van der Waals surface area contributed by atoms with Crippen LogP contribution in [0.15, 0.2) is 78.9 Å². The molecule has 10 saturated heterocycles. The first-order valence-corrected chi connectivity index (χ1v) is 49.3. The number of rotatable bonds is 26. The van der Waals surface area contributed by atoms with Crippen molar-refractivity contribution in [3.8, 4) is 47.9 Å². The van der Waals surface area contributed by atoms with Gasteiger partial charge in [-0.2, -0.15) is 0 Å². The molecular weight excluding hydrogens is 1880 g/mol. The molecule has 10 unspecified atom stereocenters. The number of carbonyl (C=O) groups is 1. The van der Waals surface area contributed by atoms with Gasteiger partial charge in [-0.3, -0.25) is 76.5 Å². The third kappa shape index (κ3) is 23.4. The average Bonchev–Trinajstić information content (AvgIpc) is 1.59. The molecule has 1 amide bonds. The molecule has 9 N–H and O–H groups in total. The second-order valence-corrected chi connectivity index (χ2v) is 40.3. The van der Waals surface area contributed by atoms with Crippen molar-refractivity contribution < 1.29 is 151 Å². The van der Waals surface area contributed by atoms with Crippen LogP contribution in [-0.2, 0) is 121 Å². The van der Waals surface area contributed by atoms with Crippen LogP contribution in [0.3, 0.4) is 0 Å². The molecule has 54 nitrogen and oxygen atoms in total. The minimum absolute atomic E-state index is 0.00809. The minimum Gasteiger partial charge on any atom is -0.779 e. The topological polar surface area (TPSA) is 735 Å². The molecule has 5 aromatic rings. The summed E-state index contributed by atoms with van der Waals surface area (Å²) in [6, 6.07) is 0. The fourth-order valence-electron chi connectivity index (χ4n) is 16.1. The number of carbonyl (C=O) groups excluding carboxylic acids is 1. The van der Waals surface area contributed by atoms with Crippen molar-refractivity contribution in [3.05, 3.63) is 163 Å². The van der Waals surface area contributed by atoms with Crippen LogP contribution in [0.4, 0.5) is 0 Å². The number of nitrogens with two attached hydrogens (primary N) is 1. The summed E-state index contributed by atoms with van der Waals surface area (Å²) < 4.78 is 173. The minimum atomic E-state index is -4.16. The van der Waals surface area contributed by atoms with Crippen LogP contribution < -0.4 is 91.8 Å². The Morgan fingerprint density at radius 1 is 0.429 bits per heavy atom. The third-order valence-corrected chi connectivity index (χ3v) is 24.2. The Hall–Kier alpha value is -8.82. The molecule has 10 bridgehead atoms. The van der Waals surface area contributed by atoms with Gasteiger partial charge in [0.25, 0.3) is 27.8 Å². The zero-order chi connectivity index (χ0) is 97.8. The van der Waals surface area contributed by atoms with Gasteiger partial charge >= 0.3 is 28.4 Å². The average molecular weight is 1980 g/mol. The molecule has 0 radical (unpaired) electrons. The zero-order valence-corrected chi connectivity index (χ0v) is 77.0. The monoisotopic (exact) mass is 1980 g/mol. The molecular formula is C74H92N12O42P5-5. The SMILES string of the molecule is C#Cc1cn([C@@H]2O[C@]3(COC)CO[C@@H]2C3OP(C)(=O)[O-])c(=O)[nH]c1=O.COC[C@@]12CO[C@H](C1OP(C)(=O)[O-])[C@H](n1cc(C#CCN)c(=O)[nH]c1=O)O2.COC[C@@]12CO[C@H](C1OP(C)(=O)[O-])[C@H](n1cc(C#CCNC(C)=O)c(=O)[nH]c1=O)O2.COC[C@@]12CO[C@H](C1OP(C)(=O)[O-])[C@H](n1cc(C#CCO)c(=O)[nH]c1=O)O2.COC[C@@]12CO[C@H](C1OP(C)(=O)[O-])[C@H](n1cc(C)c(=O)[nH]c1=O)O2. The molecule has 15 rings (SSSR count). The number of terminal acetylenes is 1. The lowest BCUT2D eigenvalue weighted by Crippen LogP contribution is -2.46. The molecule has 15 heterocycles. The van der Waals surface area contributed by atoms with Crippen molar-refractivity contribution in [3.63, 3.8) is 0 Å². The first kappa shape index (κ1) is 105. The molecule has 730 valence electrons. The number of nitrogens with zero attached hydrogens (tertiary/aromatic N) is 5. The summed E-state index contributed by atoms with van der Waals surface area (Å²) in [4.78, 5) is 200. The first-order chi connectivity index (χ1) is 62.3. The van der Waals surface area contributed by atoms with E-state index in [1.54, 1.807) is 6.92 Å². The Bertz CT molecular complexity index is 6200. The number of aliphatic hydroxyl groups is 1. The molecule has 0 aliphatic carbocycles. The number of aromatic amines is 5. The summed E-state index contributed by atoms with van der Waals surface area (Å²) in [5.41, 5.74) is -7.69. The van der Waals surface area contributed by atoms with E-state index in [1.807, 2.05) is 0 Å². The number of nitrogens with one attached hydrogen (secondary N) is 6. The van der Waals surface area contributed by atoms with Gasteiger partial charge in [0.2, 0.25) is 5.91 Å². The van der Waals surface area contributed by atoms with E-state index in [4.69, 9.17) is 111 Å². The number of hydrogen-bond donors (Lipinski definition) is 8. The molecule has 133 heavy (non-hydrogen) atoms. The van der Waals surface area contributed by atoms with Crippen molar-refractivity contribution >= 4 is 43.9 Å². The Kier molecular flexibility index (Phi) is 32.8. The number of aliphatic hydroxyl groups excluding tert-OH is 1. The number of ether oxygens (including phenoxy) is 15. The van der Waals surface area contributed by atoms with Gasteiger partial charge in [-0.15, -0.1) is 6.42 Å². The molecule has 0 spiro atoms. The summed E-state index contributed by atoms with van der Waals surface area (Å²) in [5, 5.41) is 11.3. The van der Waals surface area contributed by atoms with Crippen LogP contribution in [0.2, 0.25) is 0 Å². The standard InChI is InChI=1S/C17H22N3O9P.C15H20N3O8P.C15H19N2O9P.C14H17N2O8P.C13H19N2O8P/c1-10(21)18-6-4-5-11-7-20(16(23)19-14(11)22)15-12-13(29-30(3,24)25)17(28-15,8-26-2)9-27-12;1-23-7-15-8-24-10(11(15)26-27(2,21)22)13(25-15)18-6-9(4-3-5-16)12(19)17-14(18)20;1-23-7-15-8-24-10(11(15)26-27(2,21)22)13(25-15)17-6-9(4-3-5-18)12(19)16-14(17)20;1-4-8-5-16(13(18)15-11(8)17)12-9-10(24-25(3,19)20)14(23-12,6-21-2)7-22-9;1-7-4-15(12(17)14-10(7)16)11-8-9(23-24(3,18)19)13(22-11,5-20-2)6-21-8/h7,12-13,15H,6,8-9H2,1-3H3,(H,18,21)(H,24,25)(H,19,22,23);6,10-11,13H,5,7-8,16H2,1-2H3,(H,21,22)(H,17,19,20);6,10-11,13,18H,5,7-8H2,1-2H3,(H,21,22)(H,16,19,20);1,5,9-10,12H,6-7H2,2-3H3,(H,19,20)(H,15,17,18);4,8-9,11H,5-6H2,1-3H3,(H,18,19)(H,14,16,17)/p-5/t12-,13?,15-,17-;2*10-,11?,13-,15-;9-,10?,12-,14-;8-,9?,11-,13-/m11111/s1. The van der Waals surface area contributed by atoms with E-state index in [0.717, 1.165) is 57.8 Å². The summed E-state index contributed by atoms with van der Waals surface area (Å²) in [5.74, 6) is 16.9. The molecule has 10 aliphatic rings. The second kappa shape index (κ2) is 41.6. The molecule has 59 heteroatoms. The van der Waals surface area contributed by atoms with E-state index in [0.29, 0.717) is 5.56 Å². The molecule has 10 fully saturated rings. The van der Waals surface area contributed by atoms with Gasteiger partial charge in [0.1, 0.15) is 156 Å². The number of hydrogen-bond acceptors (Lipinski definition) is 43. The molecule has 10 aliphatic heterocycles. The lowest BCUT2D eigenvalue weighted by Gasteiger charge is -2.32. The number of H-pyrrole nitrogens is 5. The maximum Gasteiger partial charge on any atom is 0.330 e. The highest BCUT2D eigenvalue weighted by molar-refractivity contribution is 7.51. The van der Waals surface area contributed by atoms with Gasteiger partial charge < -0.3 is 157 Å². The highest BCUT2D eigenvalue weighted by atomic mass is 31.2. The lowest BCUT2D eigenvalue weighted by atomic mass is 10.0. The van der Waals surface area contributed by atoms with Gasteiger partial charge in [0.05, 0.1) is 79.2 Å². The second-order valence-electron chi connectivity index (χ2n) is 31.5. The van der Waals surface area contributed by atoms with Gasteiger partial charge in [-0.05, 0) is 6.92 Å². The Morgan fingerprint density at radius 3 is 0.895 bits per heavy atom. The quantitative estimate of drug-likeness (QED) is 0.0188. The highest BCUT2D eigenvalue weighted by Gasteiger charge is 2.69. The number of methoxy groups -OCH3 is 5. The van der Waals surface area contributed by atoms with Crippen molar-refractivity contribution in [2.75, 3.05) is 155 Å². The summed E-state index contributed by atoms with van der Waals surface area (Å²) in [6.07, 6.45) is -3.32. The Balaban J connectivity index is 0.000000160. The summed E-state index contributed by atoms with van der Waals surface area (Å²) in [7, 11) is -13.5. The number of aryl methyl sites for hydroxylation is 1. The van der Waals surface area contributed by atoms with Crippen LogP contribution >= 0.6 is 38.0 Å². The fraction of sp³-hybridized carbons (Fsp3) is 0.608. The van der Waals surface area contributed by atoms with E-state index in [1.165, 1.54) is 71.8 Å². The maximum atomic E-state index is 12.4. The smallest absolute Gasteiger partial charge is 0.330 e. The number of aromatic nitrogens is 10. The zero-order valence-electron chi connectivity index (χ0n) is 72.6. The third-order valence-electron chi connectivity index (χ3n) is 21.2. The van der Waals surface area contributed by atoms with Gasteiger partial charge in [0, 0.05) is 112 Å². The van der Waals surface area contributed by atoms with Crippen molar-refractivity contribution in [1.82, 2.24) is 53.1 Å². The fourth-order valence-corrected chi connectivity index (χ4v) is 19.7. The highest BCUT2D eigenvalue weighted by Crippen LogP contribution is 2.57. The summed E-state index contributed by atoms with van der Waals surface area (Å²) in [6.45, 7) is 7.24. The van der Waals surface area contributed by atoms with Crippen molar-refractivity contribution in [1.29, 1.82) is 0 Å². The molecule has 25 atom stereocenters. The number of fused-ring (bicyclic) bond motifs is 10. The van der Waals surface area contributed by atoms with E-state index in [9.17, 15) is 100 Å². The largest absolute Gasteiger partial charge is 0.779 e. The Morgan fingerprint density at radius 2 is 0.662 bits per heavy atom. The molecule has 5 aromatic heterocycles. The van der Waals surface area contributed by atoms with Crippen LogP contribution in [0.25, 0.3) is 0 Å². The van der Waals surface area contributed by atoms with Gasteiger partial charge in [0.15, 0.2) is 31.1 Å². The van der Waals surface area contributed by atoms with Crippen LogP contribution in [0.1, 0.15) is 65.9 Å². The van der Waals surface area contributed by atoms with E-state index < -0.39 is 221 Å². The molecule has 0 saturated carbocycles.